The smallest absolute Gasteiger partial charge is 0.265 e. The van der Waals surface area contributed by atoms with E-state index in [1.165, 1.54) is 32.2 Å². The minimum atomic E-state index is -1.91. The molecule has 1 fully saturated rings. The molecule has 43 heavy (non-hydrogen) atoms. The van der Waals surface area contributed by atoms with Gasteiger partial charge in [-0.15, -0.1) is 0 Å². The fraction of sp³-hybridized carbons (Fsp3) is 0.448. The molecule has 2 aromatic carbocycles. The number of aromatic hydroxyl groups is 2. The van der Waals surface area contributed by atoms with Crippen molar-refractivity contribution in [2.75, 3.05) is 13.7 Å². The molecule has 0 aromatic heterocycles. The van der Waals surface area contributed by atoms with E-state index in [-0.39, 0.29) is 46.6 Å². The van der Waals surface area contributed by atoms with Crippen LogP contribution in [0.4, 0.5) is 0 Å². The van der Waals surface area contributed by atoms with Crippen molar-refractivity contribution >= 4 is 23.2 Å². The van der Waals surface area contributed by atoms with E-state index in [9.17, 15) is 34.8 Å². The van der Waals surface area contributed by atoms with Crippen molar-refractivity contribution in [3.63, 3.8) is 0 Å². The van der Waals surface area contributed by atoms with Crippen molar-refractivity contribution in [1.29, 1.82) is 0 Å². The van der Waals surface area contributed by atoms with Crippen LogP contribution in [0.3, 0.4) is 0 Å². The minimum absolute atomic E-state index is 0.0345. The summed E-state index contributed by atoms with van der Waals surface area (Å²) < 4.78 is 17.3. The van der Waals surface area contributed by atoms with Gasteiger partial charge in [0.05, 0.1) is 47.8 Å². The Balaban J connectivity index is 1.67. The van der Waals surface area contributed by atoms with Crippen molar-refractivity contribution in [3.05, 3.63) is 51.6 Å². The molecule has 8 N–H and O–H groups in total. The summed E-state index contributed by atoms with van der Waals surface area (Å²) in [6.45, 7) is 2.15. The second-order valence-corrected chi connectivity index (χ2v) is 11.0. The van der Waals surface area contributed by atoms with Crippen molar-refractivity contribution < 1.29 is 54.1 Å². The second-order valence-electron chi connectivity index (χ2n) is 11.0. The molecule has 1 saturated heterocycles. The number of phenols is 2. The van der Waals surface area contributed by atoms with Crippen LogP contribution in [0.25, 0.3) is 0 Å². The van der Waals surface area contributed by atoms with Crippen molar-refractivity contribution in [2.24, 2.45) is 10.8 Å². The summed E-state index contributed by atoms with van der Waals surface area (Å²) in [5, 5.41) is 58.1. The van der Waals surface area contributed by atoms with Crippen LogP contribution in [0.1, 0.15) is 75.8 Å². The van der Waals surface area contributed by atoms with Crippen molar-refractivity contribution in [2.45, 2.75) is 69.4 Å². The Bertz CT molecular complexity index is 1530. The Kier molecular flexibility index (Phi) is 8.02. The zero-order chi connectivity index (χ0) is 31.4. The van der Waals surface area contributed by atoms with Crippen LogP contribution < -0.4 is 15.9 Å². The van der Waals surface area contributed by atoms with E-state index in [0.29, 0.717) is 0 Å². The number of nitrogens with two attached hydrogens (primary N) is 1. The third kappa shape index (κ3) is 5.05. The van der Waals surface area contributed by atoms with Gasteiger partial charge in [0.1, 0.15) is 29.5 Å². The van der Waals surface area contributed by atoms with E-state index < -0.39 is 89.4 Å². The summed E-state index contributed by atoms with van der Waals surface area (Å²) >= 11 is 0. The van der Waals surface area contributed by atoms with Gasteiger partial charge < -0.3 is 45.5 Å². The molecule has 14 nitrogen and oxygen atoms in total. The molecule has 6 atom stereocenters. The number of ether oxygens (including phenoxy) is 3. The number of rotatable bonds is 6. The Labute approximate surface area is 245 Å². The zero-order valence-electron chi connectivity index (χ0n) is 23.7. The molecule has 1 amide bonds. The Morgan fingerprint density at radius 2 is 1.88 bits per heavy atom. The lowest BCUT2D eigenvalue weighted by Gasteiger charge is -2.42. The Morgan fingerprint density at radius 1 is 1.19 bits per heavy atom. The molecule has 1 aliphatic heterocycles. The quantitative estimate of drug-likeness (QED) is 0.112. The first kappa shape index (κ1) is 30.5. The number of benzene rings is 2. The third-order valence-corrected chi connectivity index (χ3v) is 8.31. The number of methoxy groups -OCH3 is 1. The van der Waals surface area contributed by atoms with Crippen LogP contribution >= 0.6 is 0 Å². The molecule has 3 aliphatic rings. The van der Waals surface area contributed by atoms with Gasteiger partial charge in [0, 0.05) is 42.0 Å². The van der Waals surface area contributed by atoms with Gasteiger partial charge in [0.25, 0.3) is 5.91 Å². The first-order valence-electron chi connectivity index (χ1n) is 13.6. The van der Waals surface area contributed by atoms with E-state index in [2.05, 4.69) is 10.5 Å². The average Bonchev–Trinajstić information content (AvgIpc) is 2.98. The molecular formula is C29H33N3O11. The SMILES string of the molecule is COc1cccc2c1C(=O)c1c(O)c3c(c(O)c1C2=O)C[C@@](O)(/C(C)=N\NC(=O)CO)C[C@@H]3OC1CC(N)C(O)C(C)O1. The van der Waals surface area contributed by atoms with Gasteiger partial charge >= 0.3 is 0 Å². The number of hydrogen-bond acceptors (Lipinski definition) is 13. The predicted octanol–water partition coefficient (Wildman–Crippen LogP) is -0.0757. The molecule has 4 unspecified atom stereocenters. The standard InChI is InChI=1S/C29H33N3O11/c1-11-24(35)15(30)7-19(42-11)43-17-9-29(40,12(2)31-32-18(34)10-33)8-14-21(17)28(39)23-22(26(14)37)25(36)13-5-4-6-16(41-3)20(13)27(23)38/h4-6,11,15,17,19,24,33,35,37,39-40H,7-10,30H2,1-3H3,(H,32,34)/b31-12-/t11?,15?,17-,19?,24?,29-/m0/s1. The number of phenolic OH excluding ortho intramolecular Hbond substituents is 2. The molecule has 0 spiro atoms. The Morgan fingerprint density at radius 3 is 2.53 bits per heavy atom. The van der Waals surface area contributed by atoms with Crippen molar-refractivity contribution in [1.82, 2.24) is 5.43 Å². The van der Waals surface area contributed by atoms with Crippen LogP contribution in [0, 0.1) is 0 Å². The molecule has 2 aromatic rings. The summed E-state index contributed by atoms with van der Waals surface area (Å²) in [4.78, 5) is 39.1. The van der Waals surface area contributed by atoms with E-state index in [0.717, 1.165) is 0 Å². The fourth-order valence-corrected chi connectivity index (χ4v) is 5.95. The van der Waals surface area contributed by atoms with Crippen LogP contribution in [0.2, 0.25) is 0 Å². The first-order chi connectivity index (χ1) is 20.3. The van der Waals surface area contributed by atoms with E-state index in [1.807, 2.05) is 0 Å². The van der Waals surface area contributed by atoms with Crippen LogP contribution in [-0.2, 0) is 20.7 Å². The van der Waals surface area contributed by atoms with Gasteiger partial charge in [-0.25, -0.2) is 5.43 Å². The number of hydrazone groups is 1. The fourth-order valence-electron chi connectivity index (χ4n) is 5.95. The van der Waals surface area contributed by atoms with E-state index in [1.54, 1.807) is 6.92 Å². The summed E-state index contributed by atoms with van der Waals surface area (Å²) in [6, 6.07) is 3.69. The van der Waals surface area contributed by atoms with Gasteiger partial charge in [0.2, 0.25) is 5.78 Å². The lowest BCUT2D eigenvalue weighted by molar-refractivity contribution is -0.245. The highest BCUT2D eigenvalue weighted by atomic mass is 16.7. The number of aliphatic hydroxyl groups is 3. The van der Waals surface area contributed by atoms with Crippen LogP contribution in [-0.4, -0.2) is 92.6 Å². The highest BCUT2D eigenvalue weighted by molar-refractivity contribution is 6.31. The average molecular weight is 600 g/mol. The summed E-state index contributed by atoms with van der Waals surface area (Å²) in [5.41, 5.74) is 5.10. The molecule has 230 valence electrons. The molecule has 0 radical (unpaired) electrons. The van der Waals surface area contributed by atoms with Gasteiger partial charge in [-0.3, -0.25) is 14.4 Å². The number of nitrogens with one attached hydrogen (secondary N) is 1. The summed E-state index contributed by atoms with van der Waals surface area (Å²) in [6.07, 6.45) is -4.64. The van der Waals surface area contributed by atoms with Crippen LogP contribution in [0.5, 0.6) is 17.2 Å². The second kappa shape index (κ2) is 11.3. The number of ketones is 2. The number of carbonyl (C=O) groups excluding carboxylic acids is 3. The number of aliphatic hydroxyl groups excluding tert-OH is 2. The third-order valence-electron chi connectivity index (χ3n) is 8.31. The number of nitrogens with zero attached hydrogens (tertiary/aromatic N) is 1. The number of fused-ring (bicyclic) bond motifs is 3. The van der Waals surface area contributed by atoms with Gasteiger partial charge in [-0.2, -0.15) is 5.10 Å². The molecule has 2 aliphatic carbocycles. The number of hydrogen-bond donors (Lipinski definition) is 7. The summed E-state index contributed by atoms with van der Waals surface area (Å²) in [7, 11) is 1.33. The monoisotopic (exact) mass is 599 g/mol. The maximum atomic E-state index is 13.8. The largest absolute Gasteiger partial charge is 0.507 e. The lowest BCUT2D eigenvalue weighted by Crippen LogP contribution is -2.52. The van der Waals surface area contributed by atoms with Gasteiger partial charge in [-0.05, 0) is 19.9 Å². The topological polar surface area (TPSA) is 230 Å². The molecular weight excluding hydrogens is 566 g/mol. The predicted molar refractivity (Wildman–Crippen MR) is 148 cm³/mol. The maximum absolute atomic E-state index is 13.8. The maximum Gasteiger partial charge on any atom is 0.265 e. The minimum Gasteiger partial charge on any atom is -0.507 e. The first-order valence-corrected chi connectivity index (χ1v) is 13.6. The zero-order valence-corrected chi connectivity index (χ0v) is 23.7. The molecule has 0 saturated carbocycles. The van der Waals surface area contributed by atoms with Gasteiger partial charge in [-0.1, -0.05) is 12.1 Å². The van der Waals surface area contributed by atoms with Crippen molar-refractivity contribution in [3.8, 4) is 17.2 Å². The normalized spacial score (nSPS) is 28.5. The van der Waals surface area contributed by atoms with E-state index in [4.69, 9.17) is 25.1 Å². The highest BCUT2D eigenvalue weighted by Crippen LogP contribution is 2.52. The highest BCUT2D eigenvalue weighted by Gasteiger charge is 2.49. The van der Waals surface area contributed by atoms with E-state index >= 15 is 0 Å². The molecule has 1 heterocycles. The van der Waals surface area contributed by atoms with Gasteiger partial charge in [0.15, 0.2) is 12.1 Å². The number of amides is 1. The Hall–Kier alpha value is -3.92. The molecule has 0 bridgehead atoms. The lowest BCUT2D eigenvalue weighted by atomic mass is 9.72. The summed E-state index contributed by atoms with van der Waals surface area (Å²) in [5.74, 6) is -3.49. The molecule has 14 heteroatoms. The van der Waals surface area contributed by atoms with Crippen LogP contribution in [0.15, 0.2) is 23.3 Å². The molecule has 5 rings (SSSR count). The number of carbonyl (C=O) groups is 3.